The molecule has 2 heteroatoms. The van der Waals surface area contributed by atoms with Crippen LogP contribution in [0.25, 0.3) is 0 Å². The molecule has 17 heavy (non-hydrogen) atoms. The quantitative estimate of drug-likeness (QED) is 0.638. The number of hydrogen-bond donors (Lipinski definition) is 1. The Labute approximate surface area is 106 Å². The zero-order valence-corrected chi connectivity index (χ0v) is 11.7. The van der Waals surface area contributed by atoms with E-state index in [0.717, 1.165) is 0 Å². The molecular weight excluding hydrogens is 208 g/mol. The molecule has 0 saturated carbocycles. The minimum absolute atomic E-state index is 0.459. The van der Waals surface area contributed by atoms with Gasteiger partial charge in [0.25, 0.3) is 0 Å². The molecule has 1 aromatic rings. The van der Waals surface area contributed by atoms with Gasteiger partial charge in [0.15, 0.2) is 0 Å². The lowest BCUT2D eigenvalue weighted by molar-refractivity contribution is 0.557. The Balaban J connectivity index is 2.16. The first-order valence-electron chi connectivity index (χ1n) is 7.11. The van der Waals surface area contributed by atoms with Gasteiger partial charge >= 0.3 is 0 Å². The van der Waals surface area contributed by atoms with Crippen molar-refractivity contribution >= 4 is 0 Å². The van der Waals surface area contributed by atoms with E-state index in [0.29, 0.717) is 6.04 Å². The highest BCUT2D eigenvalue weighted by Crippen LogP contribution is 2.13. The highest BCUT2D eigenvalue weighted by Gasteiger charge is 2.03. The van der Waals surface area contributed by atoms with Gasteiger partial charge in [0.1, 0.15) is 0 Å². The number of nitrogens with one attached hydrogen (secondary N) is 1. The van der Waals surface area contributed by atoms with Crippen LogP contribution in [0.15, 0.2) is 18.5 Å². The third-order valence-corrected chi connectivity index (χ3v) is 3.48. The summed E-state index contributed by atoms with van der Waals surface area (Å²) in [7, 11) is 2.01. The summed E-state index contributed by atoms with van der Waals surface area (Å²) in [6.07, 6.45) is 12.7. The molecule has 0 aliphatic rings. The summed E-state index contributed by atoms with van der Waals surface area (Å²) in [4.78, 5) is 0. The van der Waals surface area contributed by atoms with Crippen molar-refractivity contribution in [1.29, 1.82) is 0 Å². The Morgan fingerprint density at radius 3 is 2.59 bits per heavy atom. The van der Waals surface area contributed by atoms with Gasteiger partial charge in [-0.3, -0.25) is 0 Å². The van der Waals surface area contributed by atoms with Crippen molar-refractivity contribution in [2.75, 3.05) is 7.05 Å². The molecule has 0 radical (unpaired) electrons. The van der Waals surface area contributed by atoms with Crippen LogP contribution in [0.1, 0.15) is 64.0 Å². The topological polar surface area (TPSA) is 17.0 Å². The maximum atomic E-state index is 3.27. The molecule has 0 spiro atoms. The van der Waals surface area contributed by atoms with E-state index in [1.807, 2.05) is 7.05 Å². The van der Waals surface area contributed by atoms with Gasteiger partial charge in [0.05, 0.1) is 0 Å². The van der Waals surface area contributed by atoms with E-state index in [1.54, 1.807) is 0 Å². The van der Waals surface area contributed by atoms with E-state index in [4.69, 9.17) is 0 Å². The minimum Gasteiger partial charge on any atom is -0.354 e. The first-order valence-corrected chi connectivity index (χ1v) is 7.11. The summed E-state index contributed by atoms with van der Waals surface area (Å²) in [5.74, 6) is 0. The van der Waals surface area contributed by atoms with Crippen LogP contribution in [0.5, 0.6) is 0 Å². The molecule has 1 unspecified atom stereocenters. The van der Waals surface area contributed by atoms with Gasteiger partial charge in [-0.05, 0) is 32.0 Å². The Morgan fingerprint density at radius 2 is 1.88 bits per heavy atom. The molecule has 1 aromatic heterocycles. The number of aryl methyl sites for hydroxylation is 1. The lowest BCUT2D eigenvalue weighted by Crippen LogP contribution is -2.11. The molecule has 0 fully saturated rings. The highest BCUT2D eigenvalue weighted by atomic mass is 14.9. The van der Waals surface area contributed by atoms with Crippen LogP contribution in [0.2, 0.25) is 0 Å². The van der Waals surface area contributed by atoms with E-state index in [9.17, 15) is 0 Å². The average molecular weight is 236 g/mol. The SMILES string of the molecule is CCCCCCCCn1ccc(C(C)NC)c1. The number of nitrogens with zero attached hydrogens (tertiary/aromatic N) is 1. The Bertz CT molecular complexity index is 291. The predicted octanol–water partition coefficient (Wildman–Crippen LogP) is 4.13. The maximum absolute atomic E-state index is 3.27. The number of aromatic nitrogens is 1. The number of hydrogen-bond acceptors (Lipinski definition) is 1. The molecule has 98 valence electrons. The van der Waals surface area contributed by atoms with Gasteiger partial charge in [0.2, 0.25) is 0 Å². The number of rotatable bonds is 9. The third kappa shape index (κ3) is 5.40. The lowest BCUT2D eigenvalue weighted by atomic mass is 10.1. The standard InChI is InChI=1S/C15H28N2/c1-4-5-6-7-8-9-11-17-12-10-15(13-17)14(2)16-3/h10,12-14,16H,4-9,11H2,1-3H3. The predicted molar refractivity (Wildman–Crippen MR) is 75.3 cm³/mol. The van der Waals surface area contributed by atoms with Crippen LogP contribution < -0.4 is 5.32 Å². The van der Waals surface area contributed by atoms with Crippen molar-refractivity contribution in [1.82, 2.24) is 9.88 Å². The first-order chi connectivity index (χ1) is 8.27. The lowest BCUT2D eigenvalue weighted by Gasteiger charge is -2.07. The van der Waals surface area contributed by atoms with Crippen molar-refractivity contribution in [2.45, 2.75) is 65.0 Å². The summed E-state index contributed by atoms with van der Waals surface area (Å²) in [5.41, 5.74) is 1.39. The van der Waals surface area contributed by atoms with Crippen molar-refractivity contribution in [3.8, 4) is 0 Å². The summed E-state index contributed by atoms with van der Waals surface area (Å²) < 4.78 is 2.32. The van der Waals surface area contributed by atoms with E-state index >= 15 is 0 Å². The van der Waals surface area contributed by atoms with Crippen LogP contribution in [-0.2, 0) is 6.54 Å². The average Bonchev–Trinajstić information content (AvgIpc) is 2.81. The molecule has 0 bridgehead atoms. The fourth-order valence-electron chi connectivity index (χ4n) is 2.10. The first kappa shape index (κ1) is 14.3. The summed E-state index contributed by atoms with van der Waals surface area (Å²) in [6, 6.07) is 2.68. The van der Waals surface area contributed by atoms with Crippen LogP contribution in [0.3, 0.4) is 0 Å². The van der Waals surface area contributed by atoms with Crippen LogP contribution in [0, 0.1) is 0 Å². The molecule has 1 rings (SSSR count). The van der Waals surface area contributed by atoms with Crippen LogP contribution in [-0.4, -0.2) is 11.6 Å². The second-order valence-corrected chi connectivity index (χ2v) is 4.96. The molecule has 1 N–H and O–H groups in total. The minimum atomic E-state index is 0.459. The molecule has 0 aliphatic carbocycles. The fraction of sp³-hybridized carbons (Fsp3) is 0.733. The monoisotopic (exact) mass is 236 g/mol. The Morgan fingerprint density at radius 1 is 1.18 bits per heavy atom. The van der Waals surface area contributed by atoms with Gasteiger partial charge in [-0.15, -0.1) is 0 Å². The molecule has 0 saturated heterocycles. The second-order valence-electron chi connectivity index (χ2n) is 4.96. The Hall–Kier alpha value is -0.760. The number of unbranched alkanes of at least 4 members (excludes halogenated alkanes) is 5. The van der Waals surface area contributed by atoms with Crippen LogP contribution in [0.4, 0.5) is 0 Å². The second kappa shape index (κ2) is 8.35. The molecular formula is C15H28N2. The van der Waals surface area contributed by atoms with Crippen molar-refractivity contribution in [3.63, 3.8) is 0 Å². The largest absolute Gasteiger partial charge is 0.354 e. The molecule has 0 aromatic carbocycles. The molecule has 0 aliphatic heterocycles. The fourth-order valence-corrected chi connectivity index (χ4v) is 2.10. The van der Waals surface area contributed by atoms with Gasteiger partial charge in [0, 0.05) is 25.0 Å². The third-order valence-electron chi connectivity index (χ3n) is 3.48. The van der Waals surface area contributed by atoms with Crippen molar-refractivity contribution in [3.05, 3.63) is 24.0 Å². The maximum Gasteiger partial charge on any atom is 0.0304 e. The molecule has 2 nitrogen and oxygen atoms in total. The summed E-state index contributed by atoms with van der Waals surface area (Å²) in [6.45, 7) is 5.64. The zero-order chi connectivity index (χ0) is 12.5. The van der Waals surface area contributed by atoms with Gasteiger partial charge in [-0.25, -0.2) is 0 Å². The van der Waals surface area contributed by atoms with Gasteiger partial charge in [-0.2, -0.15) is 0 Å². The van der Waals surface area contributed by atoms with Gasteiger partial charge < -0.3 is 9.88 Å². The van der Waals surface area contributed by atoms with Crippen molar-refractivity contribution < 1.29 is 0 Å². The zero-order valence-electron chi connectivity index (χ0n) is 11.7. The van der Waals surface area contributed by atoms with E-state index < -0.39 is 0 Å². The Kier molecular flexibility index (Phi) is 7.02. The molecule has 1 heterocycles. The summed E-state index contributed by atoms with van der Waals surface area (Å²) in [5, 5.41) is 3.27. The summed E-state index contributed by atoms with van der Waals surface area (Å²) >= 11 is 0. The van der Waals surface area contributed by atoms with Gasteiger partial charge in [-0.1, -0.05) is 39.0 Å². The van der Waals surface area contributed by atoms with Crippen LogP contribution >= 0.6 is 0 Å². The highest BCUT2D eigenvalue weighted by molar-refractivity contribution is 5.14. The smallest absolute Gasteiger partial charge is 0.0304 e. The molecule has 1 atom stereocenters. The van der Waals surface area contributed by atoms with E-state index in [-0.39, 0.29) is 0 Å². The van der Waals surface area contributed by atoms with Crippen molar-refractivity contribution in [2.24, 2.45) is 0 Å². The van der Waals surface area contributed by atoms with E-state index in [1.165, 1.54) is 50.6 Å². The normalized spacial score (nSPS) is 12.9. The molecule has 0 amide bonds. The van der Waals surface area contributed by atoms with E-state index in [2.05, 4.69) is 42.2 Å².